The van der Waals surface area contributed by atoms with E-state index >= 15 is 0 Å². The summed E-state index contributed by atoms with van der Waals surface area (Å²) in [5.74, 6) is 0. The summed E-state index contributed by atoms with van der Waals surface area (Å²) < 4.78 is 2.61. The first-order chi connectivity index (χ1) is 23.8. The lowest BCUT2D eigenvalue weighted by Gasteiger charge is -2.28. The van der Waals surface area contributed by atoms with E-state index in [9.17, 15) is 0 Å². The minimum Gasteiger partial charge on any atom is -0.310 e. The number of nitrogens with zero attached hydrogens (tertiary/aromatic N) is 1. The van der Waals surface area contributed by atoms with Crippen LogP contribution < -0.4 is 4.90 Å². The second-order valence-electron chi connectivity index (χ2n) is 12.8. The number of hydrogen-bond donors (Lipinski definition) is 0. The van der Waals surface area contributed by atoms with Crippen molar-refractivity contribution < 1.29 is 0 Å². The van der Waals surface area contributed by atoms with Crippen molar-refractivity contribution in [3.05, 3.63) is 164 Å². The summed E-state index contributed by atoms with van der Waals surface area (Å²) in [5, 5.41) is 5.07. The molecule has 222 valence electrons. The van der Waals surface area contributed by atoms with Gasteiger partial charge in [0.1, 0.15) is 0 Å². The molecular formula is C46H27NS. The number of fused-ring (bicyclic) bond motifs is 8. The molecule has 1 heterocycles. The summed E-state index contributed by atoms with van der Waals surface area (Å²) in [5.41, 5.74) is 16.5. The summed E-state index contributed by atoms with van der Waals surface area (Å²) in [6.45, 7) is 0. The van der Waals surface area contributed by atoms with Crippen LogP contribution >= 0.6 is 11.3 Å². The molecule has 0 aliphatic heterocycles. The SMILES string of the molecule is c1ccc2c(c1)-c1cccc3c1-c1cc(N(c4ccc5ccccc5c4)c4cccc5sc6ccccc6c45)ccc1-c1cccc-3c1-2. The van der Waals surface area contributed by atoms with Gasteiger partial charge in [0.25, 0.3) is 0 Å². The molecule has 1 aromatic heterocycles. The van der Waals surface area contributed by atoms with Crippen LogP contribution in [0.15, 0.2) is 164 Å². The molecule has 0 spiro atoms. The average molecular weight is 626 g/mol. The molecule has 2 heteroatoms. The molecule has 0 amide bonds. The molecule has 0 saturated heterocycles. The van der Waals surface area contributed by atoms with Gasteiger partial charge in [0, 0.05) is 31.5 Å². The van der Waals surface area contributed by atoms with E-state index in [0.717, 1.165) is 11.4 Å². The maximum Gasteiger partial charge on any atom is 0.0554 e. The lowest BCUT2D eigenvalue weighted by molar-refractivity contribution is 1.31. The predicted octanol–water partition coefficient (Wildman–Crippen LogP) is 13.6. The van der Waals surface area contributed by atoms with Crippen molar-refractivity contribution in [1.29, 1.82) is 0 Å². The Labute approximate surface area is 282 Å². The number of benzene rings is 8. The lowest BCUT2D eigenvalue weighted by Crippen LogP contribution is -2.11. The molecule has 0 atom stereocenters. The Balaban J connectivity index is 1.24. The third-order valence-corrected chi connectivity index (χ3v) is 11.5. The van der Waals surface area contributed by atoms with Crippen molar-refractivity contribution in [3.63, 3.8) is 0 Å². The van der Waals surface area contributed by atoms with E-state index in [1.165, 1.54) is 92.3 Å². The van der Waals surface area contributed by atoms with Crippen molar-refractivity contribution >= 4 is 59.3 Å². The number of hydrogen-bond acceptors (Lipinski definition) is 2. The van der Waals surface area contributed by atoms with Gasteiger partial charge in [0.2, 0.25) is 0 Å². The number of anilines is 3. The van der Waals surface area contributed by atoms with Crippen LogP contribution in [0.4, 0.5) is 17.1 Å². The van der Waals surface area contributed by atoms with Gasteiger partial charge in [0.15, 0.2) is 0 Å². The molecular weight excluding hydrogens is 599 g/mol. The lowest BCUT2D eigenvalue weighted by atomic mass is 9.83. The molecule has 1 nitrogen and oxygen atoms in total. The fourth-order valence-corrected chi connectivity index (χ4v) is 9.44. The van der Waals surface area contributed by atoms with Gasteiger partial charge in [-0.1, -0.05) is 121 Å². The van der Waals surface area contributed by atoms with Gasteiger partial charge >= 0.3 is 0 Å². The Hall–Kier alpha value is -5.96. The van der Waals surface area contributed by atoms with Crippen LogP contribution in [0.3, 0.4) is 0 Å². The third-order valence-electron chi connectivity index (χ3n) is 10.3. The van der Waals surface area contributed by atoms with Crippen LogP contribution in [0.25, 0.3) is 86.6 Å². The van der Waals surface area contributed by atoms with E-state index in [-0.39, 0.29) is 0 Å². The van der Waals surface area contributed by atoms with Crippen LogP contribution in [0.5, 0.6) is 0 Å². The van der Waals surface area contributed by atoms with Crippen molar-refractivity contribution in [1.82, 2.24) is 0 Å². The molecule has 2 aliphatic carbocycles. The van der Waals surface area contributed by atoms with Crippen molar-refractivity contribution in [2.24, 2.45) is 0 Å². The average Bonchev–Trinajstić information content (AvgIpc) is 3.48. The van der Waals surface area contributed by atoms with Crippen molar-refractivity contribution in [2.75, 3.05) is 4.90 Å². The first-order valence-electron chi connectivity index (χ1n) is 16.5. The molecule has 11 rings (SSSR count). The highest BCUT2D eigenvalue weighted by Crippen LogP contribution is 2.58. The monoisotopic (exact) mass is 625 g/mol. The van der Waals surface area contributed by atoms with E-state index in [1.807, 2.05) is 11.3 Å². The predicted molar refractivity (Wildman–Crippen MR) is 206 cm³/mol. The van der Waals surface area contributed by atoms with Gasteiger partial charge in [-0.05, 0) is 109 Å². The minimum absolute atomic E-state index is 1.15. The maximum absolute atomic E-state index is 2.48. The zero-order valence-electron chi connectivity index (χ0n) is 25.9. The largest absolute Gasteiger partial charge is 0.310 e. The van der Waals surface area contributed by atoms with Crippen LogP contribution in [0.2, 0.25) is 0 Å². The highest BCUT2D eigenvalue weighted by Gasteiger charge is 2.31. The fourth-order valence-electron chi connectivity index (χ4n) is 8.32. The zero-order chi connectivity index (χ0) is 31.3. The second kappa shape index (κ2) is 9.78. The molecule has 2 aliphatic rings. The highest BCUT2D eigenvalue weighted by atomic mass is 32.1. The summed E-state index contributed by atoms with van der Waals surface area (Å²) in [6, 6.07) is 60.9. The van der Waals surface area contributed by atoms with E-state index in [0.29, 0.717) is 0 Å². The van der Waals surface area contributed by atoms with E-state index in [1.54, 1.807) is 0 Å². The van der Waals surface area contributed by atoms with Gasteiger partial charge in [-0.15, -0.1) is 11.3 Å². The summed E-state index contributed by atoms with van der Waals surface area (Å²) in [6.07, 6.45) is 0. The van der Waals surface area contributed by atoms with Crippen molar-refractivity contribution in [3.8, 4) is 55.6 Å². The Morgan fingerprint density at radius 3 is 1.75 bits per heavy atom. The van der Waals surface area contributed by atoms with Gasteiger partial charge < -0.3 is 4.90 Å². The highest BCUT2D eigenvalue weighted by molar-refractivity contribution is 7.26. The molecule has 0 fully saturated rings. The van der Waals surface area contributed by atoms with Crippen LogP contribution in [-0.2, 0) is 0 Å². The molecule has 0 radical (unpaired) electrons. The van der Waals surface area contributed by atoms with Crippen LogP contribution in [0, 0.1) is 0 Å². The summed E-state index contributed by atoms with van der Waals surface area (Å²) >= 11 is 1.87. The topological polar surface area (TPSA) is 3.24 Å². The minimum atomic E-state index is 1.15. The third kappa shape index (κ3) is 3.55. The number of rotatable bonds is 3. The Kier molecular flexibility index (Phi) is 5.32. The van der Waals surface area contributed by atoms with Gasteiger partial charge in [-0.25, -0.2) is 0 Å². The van der Waals surface area contributed by atoms with Gasteiger partial charge in [-0.3, -0.25) is 0 Å². The smallest absolute Gasteiger partial charge is 0.0554 e. The summed E-state index contributed by atoms with van der Waals surface area (Å²) in [4.78, 5) is 2.48. The first-order valence-corrected chi connectivity index (χ1v) is 17.3. The standard InChI is InChI=1S/C46H27NS/c1-2-11-29-26-30(23-22-28(29)10-1)47(41-19-9-21-43-46(41)39-14-5-6-20-42(39)48-43)31-24-25-33-36-16-8-17-37-38-18-7-15-35(45(38)40(33)27-31)32-12-3-4-13-34(32)44(36)37/h1-27H. The Morgan fingerprint density at radius 2 is 0.917 bits per heavy atom. The van der Waals surface area contributed by atoms with Gasteiger partial charge in [-0.2, -0.15) is 0 Å². The molecule has 8 aromatic carbocycles. The first kappa shape index (κ1) is 26.1. The number of thiophene rings is 1. The Morgan fingerprint density at radius 1 is 0.354 bits per heavy atom. The normalized spacial score (nSPS) is 12.2. The second-order valence-corrected chi connectivity index (χ2v) is 13.9. The van der Waals surface area contributed by atoms with Crippen molar-refractivity contribution in [2.45, 2.75) is 0 Å². The van der Waals surface area contributed by atoms with Crippen LogP contribution in [-0.4, -0.2) is 0 Å². The molecule has 0 saturated carbocycles. The Bertz CT molecular complexity index is 2780. The van der Waals surface area contributed by atoms with E-state index in [2.05, 4.69) is 169 Å². The zero-order valence-corrected chi connectivity index (χ0v) is 26.8. The molecule has 0 unspecified atom stereocenters. The molecule has 0 N–H and O–H groups in total. The quantitative estimate of drug-likeness (QED) is 0.189. The van der Waals surface area contributed by atoms with Gasteiger partial charge in [0.05, 0.1) is 5.69 Å². The molecule has 48 heavy (non-hydrogen) atoms. The molecule has 6 bridgehead atoms. The fraction of sp³-hybridized carbons (Fsp3) is 0. The molecule has 9 aromatic rings. The maximum atomic E-state index is 2.48. The van der Waals surface area contributed by atoms with E-state index in [4.69, 9.17) is 0 Å². The van der Waals surface area contributed by atoms with Crippen LogP contribution in [0.1, 0.15) is 0 Å². The van der Waals surface area contributed by atoms with E-state index < -0.39 is 0 Å². The summed E-state index contributed by atoms with van der Waals surface area (Å²) in [7, 11) is 0.